The van der Waals surface area contributed by atoms with Crippen molar-refractivity contribution in [3.63, 3.8) is 0 Å². The van der Waals surface area contributed by atoms with Crippen LogP contribution in [0.1, 0.15) is 75.8 Å². The van der Waals surface area contributed by atoms with E-state index in [9.17, 15) is 15.0 Å². The number of hydrogen-bond donors (Lipinski definition) is 2. The minimum absolute atomic E-state index is 0.0342. The summed E-state index contributed by atoms with van der Waals surface area (Å²) in [5.74, 6) is 0.824. The van der Waals surface area contributed by atoms with Gasteiger partial charge in [-0.05, 0) is 31.7 Å². The van der Waals surface area contributed by atoms with Crippen LogP contribution in [0.15, 0.2) is 30.4 Å². The van der Waals surface area contributed by atoms with Gasteiger partial charge in [-0.25, -0.2) is 0 Å². The van der Waals surface area contributed by atoms with Crippen molar-refractivity contribution in [3.05, 3.63) is 41.5 Å². The summed E-state index contributed by atoms with van der Waals surface area (Å²) in [6.07, 6.45) is 9.44. The maximum atomic E-state index is 11.6. The zero-order valence-electron chi connectivity index (χ0n) is 18.3. The number of carbonyl (C=O) groups is 1. The lowest BCUT2D eigenvalue weighted by atomic mass is 9.86. The fourth-order valence-electron chi connectivity index (χ4n) is 4.78. The lowest BCUT2D eigenvalue weighted by molar-refractivity contribution is -0.143. The summed E-state index contributed by atoms with van der Waals surface area (Å²) in [4.78, 5) is 11.6. The Bertz CT molecular complexity index is 728. The smallest absolute Gasteiger partial charge is 0.305 e. The molecule has 0 amide bonds. The summed E-state index contributed by atoms with van der Waals surface area (Å²) < 4.78 is 11.3. The average Bonchev–Trinajstić information content (AvgIpc) is 3.22. The highest BCUT2D eigenvalue weighted by Crippen LogP contribution is 2.52. The number of carbonyl (C=O) groups excluding carboxylic acids is 1. The molecule has 1 aliphatic heterocycles. The number of hydrogen-bond acceptors (Lipinski definition) is 5. The van der Waals surface area contributed by atoms with Gasteiger partial charge >= 0.3 is 5.97 Å². The second kappa shape index (κ2) is 11.0. The van der Waals surface area contributed by atoms with E-state index in [1.54, 1.807) is 0 Å². The lowest BCUT2D eigenvalue weighted by Crippen LogP contribution is -2.17. The Labute approximate surface area is 180 Å². The van der Waals surface area contributed by atoms with Gasteiger partial charge in [-0.2, -0.15) is 0 Å². The van der Waals surface area contributed by atoms with Crippen LogP contribution in [-0.2, 0) is 16.0 Å². The Morgan fingerprint density at radius 1 is 1.30 bits per heavy atom. The third kappa shape index (κ3) is 5.44. The first-order valence-electron chi connectivity index (χ1n) is 11.5. The van der Waals surface area contributed by atoms with E-state index in [-0.39, 0.29) is 23.9 Å². The molecule has 2 aliphatic rings. The molecule has 1 aromatic rings. The number of esters is 1. The van der Waals surface area contributed by atoms with E-state index in [1.165, 1.54) is 0 Å². The summed E-state index contributed by atoms with van der Waals surface area (Å²) in [6.45, 7) is 4.38. The molecular weight excluding hydrogens is 380 g/mol. The van der Waals surface area contributed by atoms with Crippen LogP contribution in [0.5, 0.6) is 5.75 Å². The number of unbranched alkanes of at least 4 members (excludes halogenated alkanes) is 2. The second-order valence-electron chi connectivity index (χ2n) is 8.50. The third-order valence-electron chi connectivity index (χ3n) is 6.28. The van der Waals surface area contributed by atoms with Crippen molar-refractivity contribution < 1.29 is 24.5 Å². The van der Waals surface area contributed by atoms with Gasteiger partial charge in [0.25, 0.3) is 0 Å². The van der Waals surface area contributed by atoms with Crippen LogP contribution in [0.2, 0.25) is 0 Å². The van der Waals surface area contributed by atoms with Crippen molar-refractivity contribution in [3.8, 4) is 5.75 Å². The summed E-state index contributed by atoms with van der Waals surface area (Å²) in [6, 6.07) is 6.19. The fraction of sp³-hybridized carbons (Fsp3) is 0.640. The summed E-state index contributed by atoms with van der Waals surface area (Å²) in [5.41, 5.74) is 2.25. The predicted octanol–water partition coefficient (Wildman–Crippen LogP) is 4.30. The van der Waals surface area contributed by atoms with E-state index in [2.05, 4.69) is 19.1 Å². The molecule has 30 heavy (non-hydrogen) atoms. The van der Waals surface area contributed by atoms with Gasteiger partial charge in [0.15, 0.2) is 0 Å². The van der Waals surface area contributed by atoms with Crippen LogP contribution in [0.3, 0.4) is 0 Å². The van der Waals surface area contributed by atoms with Crippen molar-refractivity contribution in [2.24, 2.45) is 5.92 Å². The quantitative estimate of drug-likeness (QED) is 0.320. The van der Waals surface area contributed by atoms with Crippen molar-refractivity contribution in [1.29, 1.82) is 0 Å². The van der Waals surface area contributed by atoms with Crippen LogP contribution in [-0.4, -0.2) is 41.1 Å². The van der Waals surface area contributed by atoms with Gasteiger partial charge in [0.1, 0.15) is 11.9 Å². The number of fused-ring (bicyclic) bond motifs is 3. The van der Waals surface area contributed by atoms with Crippen molar-refractivity contribution in [2.45, 2.75) is 89.4 Å². The van der Waals surface area contributed by atoms with E-state index in [0.717, 1.165) is 55.4 Å². The first kappa shape index (κ1) is 22.8. The van der Waals surface area contributed by atoms with Gasteiger partial charge in [0.05, 0.1) is 18.8 Å². The minimum Gasteiger partial charge on any atom is -0.489 e. The molecule has 2 N–H and O–H groups in total. The van der Waals surface area contributed by atoms with Crippen LogP contribution in [0.4, 0.5) is 0 Å². The number of benzene rings is 1. The molecular formula is C25H36O5. The molecule has 1 aliphatic carbocycles. The second-order valence-corrected chi connectivity index (χ2v) is 8.50. The van der Waals surface area contributed by atoms with Crippen LogP contribution in [0, 0.1) is 5.92 Å². The minimum atomic E-state index is -0.459. The normalized spacial score (nSPS) is 25.7. The summed E-state index contributed by atoms with van der Waals surface area (Å²) in [7, 11) is 0. The molecule has 3 rings (SSSR count). The van der Waals surface area contributed by atoms with E-state index in [4.69, 9.17) is 9.47 Å². The molecule has 1 heterocycles. The third-order valence-corrected chi connectivity index (χ3v) is 6.28. The largest absolute Gasteiger partial charge is 0.489 e. The molecule has 5 nitrogen and oxygen atoms in total. The van der Waals surface area contributed by atoms with Crippen molar-refractivity contribution in [2.75, 3.05) is 6.61 Å². The monoisotopic (exact) mass is 416 g/mol. The summed E-state index contributed by atoms with van der Waals surface area (Å²) in [5, 5.41) is 20.9. The van der Waals surface area contributed by atoms with Crippen molar-refractivity contribution in [1.82, 2.24) is 0 Å². The maximum absolute atomic E-state index is 11.6. The number of aliphatic hydroxyl groups is 2. The Morgan fingerprint density at radius 2 is 2.13 bits per heavy atom. The van der Waals surface area contributed by atoms with E-state index >= 15 is 0 Å². The van der Waals surface area contributed by atoms with Crippen molar-refractivity contribution >= 4 is 5.97 Å². The molecule has 0 radical (unpaired) electrons. The van der Waals surface area contributed by atoms with Gasteiger partial charge in [-0.1, -0.05) is 56.5 Å². The van der Waals surface area contributed by atoms with Gasteiger partial charge < -0.3 is 19.7 Å². The number of para-hydroxylation sites is 1. The molecule has 166 valence electrons. The van der Waals surface area contributed by atoms with Gasteiger partial charge in [0, 0.05) is 30.2 Å². The Morgan fingerprint density at radius 3 is 2.90 bits per heavy atom. The first-order valence-corrected chi connectivity index (χ1v) is 11.5. The number of aliphatic hydroxyl groups excluding tert-OH is 2. The predicted molar refractivity (Wildman–Crippen MR) is 117 cm³/mol. The molecule has 0 bridgehead atoms. The molecule has 1 saturated carbocycles. The Kier molecular flexibility index (Phi) is 8.34. The highest BCUT2D eigenvalue weighted by Gasteiger charge is 2.48. The Hall–Kier alpha value is -1.85. The molecule has 5 atom stereocenters. The molecule has 0 spiro atoms. The number of ether oxygens (including phenoxy) is 2. The highest BCUT2D eigenvalue weighted by molar-refractivity contribution is 5.69. The topological polar surface area (TPSA) is 76.0 Å². The molecule has 1 fully saturated rings. The molecule has 0 saturated heterocycles. The Balaban J connectivity index is 1.66. The lowest BCUT2D eigenvalue weighted by Gasteiger charge is -2.18. The van der Waals surface area contributed by atoms with E-state index < -0.39 is 12.2 Å². The number of aryl methyl sites for hydroxylation is 1. The van der Waals surface area contributed by atoms with Crippen LogP contribution >= 0.6 is 0 Å². The molecule has 5 heteroatoms. The molecule has 1 aromatic carbocycles. The summed E-state index contributed by atoms with van der Waals surface area (Å²) >= 11 is 0. The zero-order chi connectivity index (χ0) is 21.5. The van der Waals surface area contributed by atoms with Gasteiger partial charge in [0.2, 0.25) is 0 Å². The van der Waals surface area contributed by atoms with Crippen LogP contribution in [0.25, 0.3) is 0 Å². The molecule has 0 aromatic heterocycles. The van der Waals surface area contributed by atoms with Gasteiger partial charge in [-0.15, -0.1) is 0 Å². The zero-order valence-corrected chi connectivity index (χ0v) is 18.3. The fourth-order valence-corrected chi connectivity index (χ4v) is 4.78. The maximum Gasteiger partial charge on any atom is 0.305 e. The van der Waals surface area contributed by atoms with E-state index in [1.807, 2.05) is 25.1 Å². The first-order chi connectivity index (χ1) is 14.5. The number of rotatable bonds is 11. The SMILES string of the molecule is CCCCC[C@H](O)/C=C/[C@H]1[C@@H]2c3cccc(CCCC(=O)OCC)c3O[C@@H]2C[C@@H]1O. The average molecular weight is 417 g/mol. The highest BCUT2D eigenvalue weighted by atomic mass is 16.5. The van der Waals surface area contributed by atoms with Gasteiger partial charge in [-0.3, -0.25) is 4.79 Å². The van der Waals surface area contributed by atoms with E-state index in [0.29, 0.717) is 19.4 Å². The molecule has 0 unspecified atom stereocenters. The van der Waals surface area contributed by atoms with Crippen LogP contribution < -0.4 is 4.74 Å². The standard InChI is InChI=1S/C25H36O5/c1-3-5-6-11-18(26)14-15-19-21(27)16-22-24(19)20-12-7-9-17(25(20)30-22)10-8-13-23(28)29-4-2/h7,9,12,14-15,18-19,21-22,24,26-27H,3-6,8,10-11,13,16H2,1-2H3/b15-14+/t18-,19+,21-,22+,24+/m0/s1.